The zero-order valence-corrected chi connectivity index (χ0v) is 17.7. The maximum atomic E-state index is 12.4. The van der Waals surface area contributed by atoms with Gasteiger partial charge >= 0.3 is 6.03 Å². The summed E-state index contributed by atoms with van der Waals surface area (Å²) in [7, 11) is 0. The van der Waals surface area contributed by atoms with E-state index in [1.165, 1.54) is 5.52 Å². The van der Waals surface area contributed by atoms with Gasteiger partial charge in [0.2, 0.25) is 0 Å². The average Bonchev–Trinajstić information content (AvgIpc) is 3.33. The molecule has 1 aliphatic heterocycles. The largest absolute Gasteiger partial charge is 0.379 e. The Hall–Kier alpha value is -2.84. The van der Waals surface area contributed by atoms with Crippen molar-refractivity contribution in [3.63, 3.8) is 0 Å². The van der Waals surface area contributed by atoms with Gasteiger partial charge in [-0.15, -0.1) is 0 Å². The minimum absolute atomic E-state index is 0.274. The smallest absolute Gasteiger partial charge is 0.323 e. The molecule has 8 nitrogen and oxygen atoms in total. The fraction of sp³-hybridized carbons (Fsp3) is 0.455. The van der Waals surface area contributed by atoms with E-state index < -0.39 is 0 Å². The number of hydrogen-bond donors (Lipinski definition) is 2. The average molecular weight is 411 g/mol. The van der Waals surface area contributed by atoms with Crippen molar-refractivity contribution in [3.8, 4) is 0 Å². The summed E-state index contributed by atoms with van der Waals surface area (Å²) in [4.78, 5) is 14.8. The van der Waals surface area contributed by atoms with Gasteiger partial charge in [0.05, 0.1) is 31.6 Å². The quantitative estimate of drug-likeness (QED) is 0.625. The first-order chi connectivity index (χ1) is 14.6. The molecule has 8 heteroatoms. The van der Waals surface area contributed by atoms with Crippen molar-refractivity contribution >= 4 is 28.3 Å². The number of nitrogens with zero attached hydrogens (tertiary/aromatic N) is 4. The molecule has 2 aromatic heterocycles. The molecule has 1 aromatic carbocycles. The highest BCUT2D eigenvalue weighted by atomic mass is 16.5. The van der Waals surface area contributed by atoms with E-state index >= 15 is 0 Å². The van der Waals surface area contributed by atoms with Crippen LogP contribution in [0.5, 0.6) is 0 Å². The number of ether oxygens (including phenoxy) is 1. The van der Waals surface area contributed by atoms with Crippen LogP contribution in [0.25, 0.3) is 10.9 Å². The van der Waals surface area contributed by atoms with Crippen molar-refractivity contribution < 1.29 is 9.53 Å². The SMILES string of the molecule is CC(C)Cn1ccc2cc(NC(=O)Nc3cnn(CCN4CCOCC4)c3)ccc21. The fourth-order valence-corrected chi connectivity index (χ4v) is 3.74. The van der Waals surface area contributed by atoms with Gasteiger partial charge in [-0.25, -0.2) is 4.79 Å². The molecule has 1 fully saturated rings. The Morgan fingerprint density at radius 1 is 1.13 bits per heavy atom. The number of amides is 2. The molecule has 2 N–H and O–H groups in total. The predicted octanol–water partition coefficient (Wildman–Crippen LogP) is 3.47. The number of nitrogens with one attached hydrogen (secondary N) is 2. The monoisotopic (exact) mass is 410 g/mol. The molecule has 4 rings (SSSR count). The number of carbonyl (C=O) groups is 1. The summed E-state index contributed by atoms with van der Waals surface area (Å²) in [6, 6.07) is 7.79. The molecule has 0 unspecified atom stereocenters. The lowest BCUT2D eigenvalue weighted by Crippen LogP contribution is -2.38. The minimum atomic E-state index is -0.274. The number of hydrogen-bond acceptors (Lipinski definition) is 4. The van der Waals surface area contributed by atoms with Gasteiger partial charge in [0.25, 0.3) is 0 Å². The molecule has 0 spiro atoms. The lowest BCUT2D eigenvalue weighted by molar-refractivity contribution is 0.0360. The molecule has 1 aliphatic rings. The van der Waals surface area contributed by atoms with E-state index in [2.05, 4.69) is 57.4 Å². The first-order valence-corrected chi connectivity index (χ1v) is 10.6. The van der Waals surface area contributed by atoms with Crippen molar-refractivity contribution in [3.05, 3.63) is 42.9 Å². The van der Waals surface area contributed by atoms with Gasteiger partial charge in [-0.2, -0.15) is 5.10 Å². The summed E-state index contributed by atoms with van der Waals surface area (Å²) >= 11 is 0. The van der Waals surface area contributed by atoms with Gasteiger partial charge in [-0.1, -0.05) is 13.8 Å². The summed E-state index contributed by atoms with van der Waals surface area (Å²) in [5.41, 5.74) is 2.62. The Balaban J connectivity index is 1.30. The van der Waals surface area contributed by atoms with E-state index in [-0.39, 0.29) is 6.03 Å². The number of urea groups is 1. The zero-order chi connectivity index (χ0) is 20.9. The van der Waals surface area contributed by atoms with E-state index in [0.29, 0.717) is 11.6 Å². The summed E-state index contributed by atoms with van der Waals surface area (Å²) in [5.74, 6) is 0.582. The van der Waals surface area contributed by atoms with Crippen molar-refractivity contribution in [1.82, 2.24) is 19.2 Å². The van der Waals surface area contributed by atoms with E-state index in [1.807, 2.05) is 23.0 Å². The normalized spacial score (nSPS) is 15.0. The number of carbonyl (C=O) groups excluding carboxylic acids is 1. The Morgan fingerprint density at radius 3 is 2.73 bits per heavy atom. The van der Waals surface area contributed by atoms with Crippen LogP contribution in [-0.2, 0) is 17.8 Å². The Kier molecular flexibility index (Phi) is 6.35. The molecular formula is C22H30N6O2. The van der Waals surface area contributed by atoms with Gasteiger partial charge in [0.1, 0.15) is 0 Å². The van der Waals surface area contributed by atoms with Crippen molar-refractivity contribution in [1.29, 1.82) is 0 Å². The summed E-state index contributed by atoms with van der Waals surface area (Å²) < 4.78 is 9.47. The van der Waals surface area contributed by atoms with Crippen LogP contribution in [0.4, 0.5) is 16.2 Å². The maximum Gasteiger partial charge on any atom is 0.323 e. The maximum absolute atomic E-state index is 12.4. The summed E-state index contributed by atoms with van der Waals surface area (Å²) in [5, 5.41) is 11.2. The van der Waals surface area contributed by atoms with Crippen molar-refractivity contribution in [2.45, 2.75) is 26.9 Å². The van der Waals surface area contributed by atoms with Crippen LogP contribution < -0.4 is 10.6 Å². The molecule has 3 aromatic rings. The molecule has 0 radical (unpaired) electrons. The number of fused-ring (bicyclic) bond motifs is 1. The minimum Gasteiger partial charge on any atom is -0.379 e. The third kappa shape index (κ3) is 5.20. The molecule has 30 heavy (non-hydrogen) atoms. The first-order valence-electron chi connectivity index (χ1n) is 10.6. The predicted molar refractivity (Wildman–Crippen MR) is 119 cm³/mol. The van der Waals surface area contributed by atoms with Crippen LogP contribution in [0.1, 0.15) is 13.8 Å². The van der Waals surface area contributed by atoms with Crippen LogP contribution in [0.15, 0.2) is 42.9 Å². The van der Waals surface area contributed by atoms with Crippen LogP contribution in [0.3, 0.4) is 0 Å². The highest BCUT2D eigenvalue weighted by Gasteiger charge is 2.11. The highest BCUT2D eigenvalue weighted by Crippen LogP contribution is 2.21. The standard InChI is InChI=1S/C22H30N6O2/c1-17(2)15-27-6-5-18-13-19(3-4-21(18)27)24-22(29)25-20-14-23-28(16-20)8-7-26-9-11-30-12-10-26/h3-6,13-14,16-17H,7-12,15H2,1-2H3,(H2,24,25,29). The lowest BCUT2D eigenvalue weighted by atomic mass is 10.2. The second kappa shape index (κ2) is 9.32. The van der Waals surface area contributed by atoms with Gasteiger partial charge in [0, 0.05) is 55.2 Å². The van der Waals surface area contributed by atoms with Gasteiger partial charge < -0.3 is 19.9 Å². The zero-order valence-electron chi connectivity index (χ0n) is 17.7. The van der Waals surface area contributed by atoms with E-state index in [9.17, 15) is 4.79 Å². The Morgan fingerprint density at radius 2 is 1.93 bits per heavy atom. The van der Waals surface area contributed by atoms with Gasteiger partial charge in [0.15, 0.2) is 0 Å². The third-order valence-corrected chi connectivity index (χ3v) is 5.23. The molecular weight excluding hydrogens is 380 g/mol. The molecule has 160 valence electrons. The molecule has 1 saturated heterocycles. The number of rotatable bonds is 7. The number of anilines is 2. The first kappa shape index (κ1) is 20.4. The number of benzene rings is 1. The lowest BCUT2D eigenvalue weighted by Gasteiger charge is -2.26. The molecule has 3 heterocycles. The van der Waals surface area contributed by atoms with E-state index in [1.54, 1.807) is 6.20 Å². The fourth-order valence-electron chi connectivity index (χ4n) is 3.74. The Bertz CT molecular complexity index is 987. The third-order valence-electron chi connectivity index (χ3n) is 5.23. The van der Waals surface area contributed by atoms with Crippen LogP contribution in [0.2, 0.25) is 0 Å². The Labute approximate surface area is 176 Å². The highest BCUT2D eigenvalue weighted by molar-refractivity contribution is 6.00. The van der Waals surface area contributed by atoms with Crippen LogP contribution >= 0.6 is 0 Å². The van der Waals surface area contributed by atoms with E-state index in [0.717, 1.165) is 57.0 Å². The van der Waals surface area contributed by atoms with Gasteiger partial charge in [-0.05, 0) is 30.2 Å². The van der Waals surface area contributed by atoms with Crippen molar-refractivity contribution in [2.75, 3.05) is 43.5 Å². The van der Waals surface area contributed by atoms with Crippen molar-refractivity contribution in [2.24, 2.45) is 5.92 Å². The molecule has 0 aliphatic carbocycles. The van der Waals surface area contributed by atoms with E-state index in [4.69, 9.17) is 4.74 Å². The second-order valence-electron chi connectivity index (χ2n) is 8.16. The molecule has 0 saturated carbocycles. The van der Waals surface area contributed by atoms with Gasteiger partial charge in [-0.3, -0.25) is 9.58 Å². The summed E-state index contributed by atoms with van der Waals surface area (Å²) in [6.07, 6.45) is 5.63. The number of morpholine rings is 1. The molecule has 0 bridgehead atoms. The van der Waals surface area contributed by atoms with Crippen LogP contribution in [-0.4, -0.2) is 58.1 Å². The topological polar surface area (TPSA) is 76.4 Å². The second-order valence-corrected chi connectivity index (χ2v) is 8.16. The van der Waals surface area contributed by atoms with Crippen LogP contribution in [0, 0.1) is 5.92 Å². The molecule has 0 atom stereocenters. The summed E-state index contributed by atoms with van der Waals surface area (Å²) in [6.45, 7) is 10.6. The molecule has 2 amide bonds. The number of aromatic nitrogens is 3.